The summed E-state index contributed by atoms with van der Waals surface area (Å²) in [5.41, 5.74) is 0. The van der Waals surface area contributed by atoms with Crippen molar-refractivity contribution in [3.63, 3.8) is 0 Å². The standard InChI is InChI=1S/C45H83NO2/c1-4-7-9-11-13-15-17-19-21-23-25-27-29-31-33-35-37-39-41-46(44(6-3)43-45(47)48)42-40-38-36-34-32-30-28-26-24-22-20-18-16-14-12-10-8-5-2/h13-16,19-22,44H,4-12,17-18,23-43H2,1-3H3,(H,47,48)/b15-13-,16-14-,21-19-,22-20-. The molecule has 0 heterocycles. The van der Waals surface area contributed by atoms with Crippen LogP contribution in [0.2, 0.25) is 0 Å². The maximum absolute atomic E-state index is 11.5. The maximum Gasteiger partial charge on any atom is 0.304 e. The number of carbonyl (C=O) groups is 1. The maximum atomic E-state index is 11.5. The van der Waals surface area contributed by atoms with E-state index in [0.29, 0.717) is 0 Å². The van der Waals surface area contributed by atoms with E-state index in [4.69, 9.17) is 0 Å². The van der Waals surface area contributed by atoms with Crippen LogP contribution in [0.3, 0.4) is 0 Å². The van der Waals surface area contributed by atoms with Crippen molar-refractivity contribution in [3.05, 3.63) is 48.6 Å². The van der Waals surface area contributed by atoms with Gasteiger partial charge in [0.05, 0.1) is 6.42 Å². The van der Waals surface area contributed by atoms with Crippen molar-refractivity contribution in [2.45, 2.75) is 219 Å². The van der Waals surface area contributed by atoms with Gasteiger partial charge in [0, 0.05) is 6.04 Å². The number of carboxylic acids is 1. The highest BCUT2D eigenvalue weighted by Crippen LogP contribution is 2.16. The van der Waals surface area contributed by atoms with E-state index in [1.807, 2.05) is 0 Å². The van der Waals surface area contributed by atoms with Gasteiger partial charge < -0.3 is 5.11 Å². The molecule has 0 aliphatic carbocycles. The van der Waals surface area contributed by atoms with E-state index < -0.39 is 5.97 Å². The van der Waals surface area contributed by atoms with Crippen molar-refractivity contribution in [2.24, 2.45) is 0 Å². The molecule has 0 aromatic carbocycles. The van der Waals surface area contributed by atoms with Crippen molar-refractivity contribution < 1.29 is 9.90 Å². The zero-order valence-electron chi connectivity index (χ0n) is 32.6. The lowest BCUT2D eigenvalue weighted by Crippen LogP contribution is -2.38. The van der Waals surface area contributed by atoms with E-state index in [9.17, 15) is 9.90 Å². The molecule has 0 saturated heterocycles. The van der Waals surface area contributed by atoms with E-state index in [-0.39, 0.29) is 12.5 Å². The van der Waals surface area contributed by atoms with Crippen molar-refractivity contribution in [3.8, 4) is 0 Å². The smallest absolute Gasteiger partial charge is 0.304 e. The second-order valence-electron chi connectivity index (χ2n) is 14.3. The highest BCUT2D eigenvalue weighted by atomic mass is 16.4. The average Bonchev–Trinajstić information content (AvgIpc) is 3.08. The Labute approximate surface area is 301 Å². The number of rotatable bonds is 38. The van der Waals surface area contributed by atoms with Gasteiger partial charge in [-0.1, -0.05) is 172 Å². The monoisotopic (exact) mass is 670 g/mol. The molecule has 0 saturated carbocycles. The molecule has 0 amide bonds. The second kappa shape index (κ2) is 39.8. The van der Waals surface area contributed by atoms with Crippen LogP contribution in [0.15, 0.2) is 48.6 Å². The van der Waals surface area contributed by atoms with E-state index in [1.54, 1.807) is 0 Å². The van der Waals surface area contributed by atoms with Gasteiger partial charge in [-0.15, -0.1) is 0 Å². The van der Waals surface area contributed by atoms with E-state index in [2.05, 4.69) is 74.3 Å². The number of hydrogen-bond acceptors (Lipinski definition) is 2. The fourth-order valence-corrected chi connectivity index (χ4v) is 6.52. The van der Waals surface area contributed by atoms with Gasteiger partial charge in [0.25, 0.3) is 0 Å². The summed E-state index contributed by atoms with van der Waals surface area (Å²) in [5.74, 6) is -0.651. The summed E-state index contributed by atoms with van der Waals surface area (Å²) in [6, 6.07) is 0.189. The Kier molecular flexibility index (Phi) is 38.5. The topological polar surface area (TPSA) is 40.5 Å². The summed E-state index contributed by atoms with van der Waals surface area (Å²) in [4.78, 5) is 14.0. The summed E-state index contributed by atoms with van der Waals surface area (Å²) in [6.07, 6.45) is 56.1. The molecule has 3 nitrogen and oxygen atoms in total. The Morgan fingerprint density at radius 2 is 0.771 bits per heavy atom. The zero-order chi connectivity index (χ0) is 35.0. The molecule has 1 atom stereocenters. The quantitative estimate of drug-likeness (QED) is 0.0525. The first-order valence-electron chi connectivity index (χ1n) is 21.2. The first kappa shape index (κ1) is 46.4. The number of hydrogen-bond donors (Lipinski definition) is 1. The normalized spacial score (nSPS) is 13.0. The van der Waals surface area contributed by atoms with Crippen LogP contribution in [0.25, 0.3) is 0 Å². The van der Waals surface area contributed by atoms with Crippen LogP contribution in [0, 0.1) is 0 Å². The summed E-state index contributed by atoms with van der Waals surface area (Å²) in [5, 5.41) is 9.48. The Hall–Kier alpha value is -1.61. The van der Waals surface area contributed by atoms with Crippen molar-refractivity contribution in [1.29, 1.82) is 0 Å². The molecule has 3 heteroatoms. The lowest BCUT2D eigenvalue weighted by Gasteiger charge is -2.30. The Morgan fingerprint density at radius 1 is 0.458 bits per heavy atom. The minimum Gasteiger partial charge on any atom is -0.481 e. The molecule has 1 unspecified atom stereocenters. The molecule has 0 bridgehead atoms. The lowest BCUT2D eigenvalue weighted by molar-refractivity contribution is -0.138. The van der Waals surface area contributed by atoms with Crippen LogP contribution < -0.4 is 0 Å². The highest BCUT2D eigenvalue weighted by molar-refractivity contribution is 5.67. The van der Waals surface area contributed by atoms with Crippen LogP contribution in [-0.4, -0.2) is 35.1 Å². The van der Waals surface area contributed by atoms with Gasteiger partial charge in [0.2, 0.25) is 0 Å². The molecule has 0 rings (SSSR count). The molecular weight excluding hydrogens is 587 g/mol. The highest BCUT2D eigenvalue weighted by Gasteiger charge is 2.19. The van der Waals surface area contributed by atoms with Crippen molar-refractivity contribution in [1.82, 2.24) is 4.90 Å². The minimum absolute atomic E-state index is 0.189. The molecule has 0 spiro atoms. The lowest BCUT2D eigenvalue weighted by atomic mass is 10.0. The van der Waals surface area contributed by atoms with Gasteiger partial charge in [-0.05, 0) is 96.6 Å². The van der Waals surface area contributed by atoms with Crippen LogP contribution in [-0.2, 0) is 4.79 Å². The van der Waals surface area contributed by atoms with Gasteiger partial charge in [-0.2, -0.15) is 0 Å². The largest absolute Gasteiger partial charge is 0.481 e. The van der Waals surface area contributed by atoms with Gasteiger partial charge >= 0.3 is 5.97 Å². The number of carboxylic acid groups (broad SMARTS) is 1. The van der Waals surface area contributed by atoms with Crippen LogP contribution in [0.5, 0.6) is 0 Å². The predicted octanol–water partition coefficient (Wildman–Crippen LogP) is 14.7. The van der Waals surface area contributed by atoms with Crippen molar-refractivity contribution in [2.75, 3.05) is 13.1 Å². The molecule has 0 aliphatic rings. The van der Waals surface area contributed by atoms with E-state index in [0.717, 1.165) is 32.4 Å². The Bertz CT molecular complexity index is 715. The van der Waals surface area contributed by atoms with Gasteiger partial charge in [-0.3, -0.25) is 9.69 Å². The van der Waals surface area contributed by atoms with E-state index >= 15 is 0 Å². The first-order valence-corrected chi connectivity index (χ1v) is 21.2. The Balaban J connectivity index is 3.88. The summed E-state index contributed by atoms with van der Waals surface area (Å²) in [6.45, 7) is 8.81. The second-order valence-corrected chi connectivity index (χ2v) is 14.3. The number of nitrogens with zero attached hydrogens (tertiary/aromatic N) is 1. The van der Waals surface area contributed by atoms with E-state index in [1.165, 1.54) is 167 Å². The third-order valence-corrected chi connectivity index (χ3v) is 9.69. The first-order chi connectivity index (χ1) is 23.7. The molecular formula is C45H83NO2. The number of unbranched alkanes of at least 4 members (excludes halogenated alkanes) is 22. The molecule has 0 fully saturated rings. The fraction of sp³-hybridized carbons (Fsp3) is 0.800. The molecule has 1 N–H and O–H groups in total. The molecule has 0 aromatic heterocycles. The summed E-state index contributed by atoms with van der Waals surface area (Å²) >= 11 is 0. The average molecular weight is 670 g/mol. The summed E-state index contributed by atoms with van der Waals surface area (Å²) < 4.78 is 0. The molecule has 0 aromatic rings. The third kappa shape index (κ3) is 35.7. The SMILES string of the molecule is CCCCC/C=C\C/C=C\CCCCCCCCCCN(CCCCCCCCCC/C=C\C/C=C\CCCCC)C(CC)CC(=O)O. The minimum atomic E-state index is -0.651. The van der Waals surface area contributed by atoms with Crippen LogP contribution in [0.4, 0.5) is 0 Å². The Morgan fingerprint density at radius 3 is 1.08 bits per heavy atom. The molecule has 280 valence electrons. The number of allylic oxidation sites excluding steroid dienone is 8. The third-order valence-electron chi connectivity index (χ3n) is 9.69. The molecule has 0 aliphatic heterocycles. The zero-order valence-corrected chi connectivity index (χ0v) is 32.6. The van der Waals surface area contributed by atoms with Crippen molar-refractivity contribution >= 4 is 5.97 Å². The van der Waals surface area contributed by atoms with Crippen LogP contribution >= 0.6 is 0 Å². The molecule has 48 heavy (non-hydrogen) atoms. The van der Waals surface area contributed by atoms with Crippen LogP contribution in [0.1, 0.15) is 213 Å². The number of aliphatic carboxylic acids is 1. The van der Waals surface area contributed by atoms with Gasteiger partial charge in [0.1, 0.15) is 0 Å². The molecule has 0 radical (unpaired) electrons. The van der Waals surface area contributed by atoms with Gasteiger partial charge in [0.15, 0.2) is 0 Å². The predicted molar refractivity (Wildman–Crippen MR) is 215 cm³/mol. The van der Waals surface area contributed by atoms with Gasteiger partial charge in [-0.25, -0.2) is 0 Å². The summed E-state index contributed by atoms with van der Waals surface area (Å²) in [7, 11) is 0. The fourth-order valence-electron chi connectivity index (χ4n) is 6.52.